The Morgan fingerprint density at radius 2 is 1.31 bits per heavy atom. The van der Waals surface area contributed by atoms with Crippen molar-refractivity contribution in [2.24, 2.45) is 4.99 Å². The number of rotatable bonds is 19. The molecule has 0 aromatic heterocycles. The van der Waals surface area contributed by atoms with Gasteiger partial charge >= 0.3 is 0 Å². The van der Waals surface area contributed by atoms with Gasteiger partial charge in [-0.3, -0.25) is 4.48 Å². The number of unbranched alkanes of at least 4 members (excludes halogenated alkanes) is 11. The van der Waals surface area contributed by atoms with Crippen LogP contribution in [-0.4, -0.2) is 59.9 Å². The van der Waals surface area contributed by atoms with Crippen LogP contribution in [0.5, 0.6) is 0 Å². The summed E-state index contributed by atoms with van der Waals surface area (Å²) >= 11 is 0. The van der Waals surface area contributed by atoms with E-state index in [0.29, 0.717) is 13.1 Å². The Labute approximate surface area is 186 Å². The van der Waals surface area contributed by atoms with Crippen LogP contribution in [0.2, 0.25) is 0 Å². The molecule has 0 spiro atoms. The van der Waals surface area contributed by atoms with Crippen molar-refractivity contribution in [2.45, 2.75) is 96.8 Å². The van der Waals surface area contributed by atoms with Gasteiger partial charge in [-0.2, -0.15) is 0 Å². The van der Waals surface area contributed by atoms with Gasteiger partial charge in [0.15, 0.2) is 5.84 Å². The van der Waals surface area contributed by atoms with Crippen molar-refractivity contribution in [2.75, 3.05) is 39.4 Å². The molecule has 0 saturated carbocycles. The van der Waals surface area contributed by atoms with Crippen molar-refractivity contribution < 1.29 is 27.1 Å². The number of nitrogens with zero attached hydrogens (tertiary/aromatic N) is 2. The van der Waals surface area contributed by atoms with E-state index in [9.17, 15) is 10.2 Å². The summed E-state index contributed by atoms with van der Waals surface area (Å²) in [7, 11) is 0. The summed E-state index contributed by atoms with van der Waals surface area (Å²) < 4.78 is 0.719. The van der Waals surface area contributed by atoms with Crippen molar-refractivity contribution in [3.8, 4) is 0 Å². The van der Waals surface area contributed by atoms with Crippen molar-refractivity contribution in [1.82, 2.24) is 0 Å². The first-order chi connectivity index (χ1) is 13.8. The van der Waals surface area contributed by atoms with Crippen molar-refractivity contribution in [3.05, 3.63) is 12.2 Å². The predicted octanol–water partition coefficient (Wildman–Crippen LogP) is 2.24. The minimum atomic E-state index is 0. The average molecular weight is 431 g/mol. The predicted molar refractivity (Wildman–Crippen MR) is 121 cm³/mol. The van der Waals surface area contributed by atoms with Crippen LogP contribution < -0.4 is 12.4 Å². The lowest BCUT2D eigenvalue weighted by molar-refractivity contribution is -0.837. The Hall–Kier alpha value is -0.420. The van der Waals surface area contributed by atoms with Gasteiger partial charge in [-0.15, -0.1) is 0 Å². The highest BCUT2D eigenvalue weighted by Crippen LogP contribution is 2.20. The molecular weight excluding hydrogens is 384 g/mol. The molecule has 5 heteroatoms. The van der Waals surface area contributed by atoms with E-state index < -0.39 is 0 Å². The normalized spacial score (nSPS) is 15.6. The number of allylic oxidation sites excluding steroid dienone is 2. The zero-order chi connectivity index (χ0) is 20.3. The SMILES string of the molecule is CCCCCCCC/C=C/CCCCCCCC1=NCC[N+]1(CCO)CCO.[Cl-]. The van der Waals surface area contributed by atoms with Gasteiger partial charge in [0.05, 0.1) is 19.8 Å². The quantitative estimate of drug-likeness (QED) is 0.187. The fourth-order valence-corrected chi connectivity index (χ4v) is 4.30. The van der Waals surface area contributed by atoms with Crippen molar-refractivity contribution in [1.29, 1.82) is 0 Å². The molecule has 2 N–H and O–H groups in total. The van der Waals surface area contributed by atoms with Crippen molar-refractivity contribution >= 4 is 5.84 Å². The zero-order valence-corrected chi connectivity index (χ0v) is 19.7. The third kappa shape index (κ3) is 12.8. The van der Waals surface area contributed by atoms with E-state index in [1.807, 2.05) is 0 Å². The molecule has 0 aromatic rings. The van der Waals surface area contributed by atoms with Gasteiger partial charge in [-0.05, 0) is 32.1 Å². The van der Waals surface area contributed by atoms with E-state index in [-0.39, 0.29) is 25.6 Å². The summed E-state index contributed by atoms with van der Waals surface area (Å²) in [6, 6.07) is 0. The van der Waals surface area contributed by atoms with E-state index in [4.69, 9.17) is 0 Å². The monoisotopic (exact) mass is 430 g/mol. The van der Waals surface area contributed by atoms with Gasteiger partial charge in [-0.1, -0.05) is 70.4 Å². The maximum absolute atomic E-state index is 9.38. The van der Waals surface area contributed by atoms with E-state index >= 15 is 0 Å². The van der Waals surface area contributed by atoms with Crippen LogP contribution in [0, 0.1) is 0 Å². The summed E-state index contributed by atoms with van der Waals surface area (Å²) in [4.78, 5) is 4.69. The number of hydrogen-bond acceptors (Lipinski definition) is 3. The standard InChI is InChI=1S/C24H47N2O2.ClH/c1-2-3-4-5-6-7-8-9-10-11-12-13-14-15-16-17-24-25-18-19-26(24,20-22-27)21-23-28;/h9-10,27-28H,2-8,11-23H2,1H3;1H/q+1;/p-1/b10-9+;. The summed E-state index contributed by atoms with van der Waals surface area (Å²) in [6.45, 7) is 5.81. The number of aliphatic imine (C=N–C) groups is 1. The molecule has 0 atom stereocenters. The molecule has 0 aromatic carbocycles. The minimum absolute atomic E-state index is 0. The second-order valence-corrected chi connectivity index (χ2v) is 8.40. The Morgan fingerprint density at radius 1 is 0.793 bits per heavy atom. The second-order valence-electron chi connectivity index (χ2n) is 8.40. The topological polar surface area (TPSA) is 52.8 Å². The fraction of sp³-hybridized carbons (Fsp3) is 0.875. The molecule has 1 aliphatic heterocycles. The molecule has 0 unspecified atom stereocenters. The molecule has 1 aliphatic rings. The largest absolute Gasteiger partial charge is 1.00 e. The number of aliphatic hydroxyl groups excluding tert-OH is 2. The molecule has 29 heavy (non-hydrogen) atoms. The number of quaternary nitrogens is 1. The highest BCUT2D eigenvalue weighted by molar-refractivity contribution is 5.76. The van der Waals surface area contributed by atoms with Gasteiger partial charge in [0, 0.05) is 6.42 Å². The molecule has 172 valence electrons. The summed E-state index contributed by atoms with van der Waals surface area (Å²) in [5, 5.41) is 18.8. The number of aliphatic hydroxyl groups is 2. The molecule has 4 nitrogen and oxygen atoms in total. The van der Waals surface area contributed by atoms with Gasteiger partial charge in [0.25, 0.3) is 0 Å². The molecule has 0 fully saturated rings. The molecule has 1 rings (SSSR count). The van der Waals surface area contributed by atoms with Crippen LogP contribution >= 0.6 is 0 Å². The van der Waals surface area contributed by atoms with Gasteiger partial charge in [0.2, 0.25) is 0 Å². The number of amidine groups is 1. The summed E-state index contributed by atoms with van der Waals surface area (Å²) in [5.74, 6) is 1.21. The van der Waals surface area contributed by atoms with Crippen LogP contribution in [0.1, 0.15) is 96.8 Å². The summed E-state index contributed by atoms with van der Waals surface area (Å²) in [6.07, 6.45) is 23.0. The van der Waals surface area contributed by atoms with E-state index in [1.54, 1.807) is 0 Å². The lowest BCUT2D eigenvalue weighted by Crippen LogP contribution is -3.00. The smallest absolute Gasteiger partial charge is 0.198 e. The summed E-state index contributed by atoms with van der Waals surface area (Å²) in [5.41, 5.74) is 0. The lowest BCUT2D eigenvalue weighted by Gasteiger charge is -2.33. The number of hydrogen-bond donors (Lipinski definition) is 2. The molecule has 0 bridgehead atoms. The Kier molecular flexibility index (Phi) is 19.3. The maximum atomic E-state index is 9.38. The van der Waals surface area contributed by atoms with Crippen LogP contribution in [0.25, 0.3) is 0 Å². The van der Waals surface area contributed by atoms with Crippen LogP contribution in [0.3, 0.4) is 0 Å². The number of halogens is 1. The molecular formula is C24H47ClN2O2. The minimum Gasteiger partial charge on any atom is -1.00 e. The Balaban J connectivity index is 0.00000784. The first-order valence-electron chi connectivity index (χ1n) is 12.1. The Bertz CT molecular complexity index is 421. The molecule has 0 amide bonds. The third-order valence-electron chi connectivity index (χ3n) is 6.09. The molecule has 1 heterocycles. The van der Waals surface area contributed by atoms with Crippen LogP contribution in [0.4, 0.5) is 0 Å². The second kappa shape index (κ2) is 19.5. The molecule has 0 saturated heterocycles. The average Bonchev–Trinajstić information content (AvgIpc) is 3.07. The van der Waals surface area contributed by atoms with Gasteiger partial charge in [0.1, 0.15) is 19.6 Å². The van der Waals surface area contributed by atoms with Crippen LogP contribution in [0.15, 0.2) is 17.1 Å². The fourth-order valence-electron chi connectivity index (χ4n) is 4.30. The third-order valence-corrected chi connectivity index (χ3v) is 6.09. The molecule has 0 radical (unpaired) electrons. The highest BCUT2D eigenvalue weighted by atomic mass is 35.5. The first-order valence-corrected chi connectivity index (χ1v) is 12.1. The van der Waals surface area contributed by atoms with Gasteiger partial charge < -0.3 is 22.6 Å². The van der Waals surface area contributed by atoms with Crippen LogP contribution in [-0.2, 0) is 0 Å². The lowest BCUT2D eigenvalue weighted by atomic mass is 10.1. The van der Waals surface area contributed by atoms with Crippen molar-refractivity contribution in [3.63, 3.8) is 0 Å². The van der Waals surface area contributed by atoms with E-state index in [2.05, 4.69) is 24.1 Å². The Morgan fingerprint density at radius 3 is 1.86 bits per heavy atom. The first kappa shape index (κ1) is 28.6. The maximum Gasteiger partial charge on any atom is 0.198 e. The van der Waals surface area contributed by atoms with Gasteiger partial charge in [-0.25, -0.2) is 4.99 Å². The molecule has 0 aliphatic carbocycles. The van der Waals surface area contributed by atoms with E-state index in [0.717, 1.165) is 24.0 Å². The highest BCUT2D eigenvalue weighted by Gasteiger charge is 2.36. The zero-order valence-electron chi connectivity index (χ0n) is 19.0. The van der Waals surface area contributed by atoms with E-state index in [1.165, 1.54) is 89.3 Å².